The maximum absolute atomic E-state index is 12.8. The number of benzene rings is 1. The Balaban J connectivity index is 1.47. The molecule has 4 saturated heterocycles. The van der Waals surface area contributed by atoms with Crippen molar-refractivity contribution in [1.82, 2.24) is 14.7 Å². The number of nitrogens with one attached hydrogen (secondary N) is 1. The van der Waals surface area contributed by atoms with Crippen LogP contribution in [0.5, 0.6) is 0 Å². The van der Waals surface area contributed by atoms with E-state index < -0.39 is 0 Å². The van der Waals surface area contributed by atoms with E-state index in [1.807, 2.05) is 31.3 Å². The quantitative estimate of drug-likeness (QED) is 0.859. The van der Waals surface area contributed by atoms with Crippen LogP contribution in [-0.4, -0.2) is 79.0 Å². The van der Waals surface area contributed by atoms with Gasteiger partial charge in [-0.1, -0.05) is 6.07 Å². The molecule has 0 radical (unpaired) electrons. The highest BCUT2D eigenvalue weighted by Gasteiger charge is 2.40. The minimum atomic E-state index is -0.197. The Labute approximate surface area is 158 Å². The molecule has 5 amide bonds. The molecule has 0 aliphatic carbocycles. The maximum Gasteiger partial charge on any atom is 0.324 e. The molecule has 2 unspecified atom stereocenters. The Morgan fingerprint density at radius 2 is 1.93 bits per heavy atom. The first kappa shape index (κ1) is 17.6. The normalized spacial score (nSPS) is 25.3. The van der Waals surface area contributed by atoms with Gasteiger partial charge >= 0.3 is 12.1 Å². The third-order valence-electron chi connectivity index (χ3n) is 5.88. The van der Waals surface area contributed by atoms with Crippen molar-refractivity contribution in [3.63, 3.8) is 0 Å². The molecule has 0 saturated carbocycles. The van der Waals surface area contributed by atoms with E-state index in [0.29, 0.717) is 31.9 Å². The van der Waals surface area contributed by atoms with E-state index in [1.165, 1.54) is 0 Å². The van der Waals surface area contributed by atoms with Crippen molar-refractivity contribution < 1.29 is 14.4 Å². The Bertz CT molecular complexity index is 782. The molecule has 27 heavy (non-hydrogen) atoms. The summed E-state index contributed by atoms with van der Waals surface area (Å²) < 4.78 is 0. The van der Waals surface area contributed by atoms with Gasteiger partial charge in [-0.2, -0.15) is 0 Å². The van der Waals surface area contributed by atoms with E-state index in [0.717, 1.165) is 18.5 Å². The molecule has 5 rings (SSSR count). The molecule has 4 aliphatic rings. The molecule has 4 aliphatic heterocycles. The maximum atomic E-state index is 12.8. The predicted molar refractivity (Wildman–Crippen MR) is 102 cm³/mol. The van der Waals surface area contributed by atoms with Crippen LogP contribution in [0.2, 0.25) is 0 Å². The van der Waals surface area contributed by atoms with Crippen LogP contribution in [0.15, 0.2) is 24.3 Å². The summed E-state index contributed by atoms with van der Waals surface area (Å²) in [6, 6.07) is 7.19. The van der Waals surface area contributed by atoms with E-state index in [-0.39, 0.29) is 29.9 Å². The Hall–Kier alpha value is -2.77. The van der Waals surface area contributed by atoms with Gasteiger partial charge in [0.05, 0.1) is 5.92 Å². The van der Waals surface area contributed by atoms with Crippen molar-refractivity contribution in [3.8, 4) is 0 Å². The largest absolute Gasteiger partial charge is 0.341 e. The summed E-state index contributed by atoms with van der Waals surface area (Å²) in [5.74, 6) is 0.0313. The van der Waals surface area contributed by atoms with Gasteiger partial charge < -0.3 is 20.0 Å². The van der Waals surface area contributed by atoms with Gasteiger partial charge in [-0.15, -0.1) is 0 Å². The number of piperidine rings is 1. The summed E-state index contributed by atoms with van der Waals surface area (Å²) in [4.78, 5) is 44.2. The van der Waals surface area contributed by atoms with Crippen LogP contribution in [-0.2, 0) is 4.79 Å². The predicted octanol–water partition coefficient (Wildman–Crippen LogP) is 1.64. The van der Waals surface area contributed by atoms with Gasteiger partial charge in [0, 0.05) is 57.7 Å². The molecule has 2 atom stereocenters. The van der Waals surface area contributed by atoms with Gasteiger partial charge in [-0.05, 0) is 31.0 Å². The fraction of sp³-hybridized carbons (Fsp3) is 0.526. The minimum absolute atomic E-state index is 0.0379. The van der Waals surface area contributed by atoms with E-state index >= 15 is 0 Å². The number of rotatable bonds is 2. The van der Waals surface area contributed by atoms with Crippen molar-refractivity contribution >= 4 is 29.3 Å². The molecular weight excluding hydrogens is 346 g/mol. The van der Waals surface area contributed by atoms with E-state index in [9.17, 15) is 14.4 Å². The number of urea groups is 2. The van der Waals surface area contributed by atoms with E-state index in [4.69, 9.17) is 0 Å². The first-order valence-corrected chi connectivity index (χ1v) is 9.39. The first-order chi connectivity index (χ1) is 12.9. The molecular formula is C19H25N5O3. The number of amides is 5. The number of anilines is 2. The summed E-state index contributed by atoms with van der Waals surface area (Å²) in [6.45, 7) is 2.34. The molecule has 4 fully saturated rings. The molecule has 0 spiro atoms. The van der Waals surface area contributed by atoms with Crippen LogP contribution >= 0.6 is 0 Å². The highest BCUT2D eigenvalue weighted by atomic mass is 16.2. The minimum Gasteiger partial charge on any atom is -0.341 e. The Kier molecular flexibility index (Phi) is 4.41. The number of carbonyl (C=O) groups excluding carboxylic acids is 3. The van der Waals surface area contributed by atoms with E-state index in [2.05, 4.69) is 5.32 Å². The first-order valence-electron chi connectivity index (χ1n) is 9.39. The van der Waals surface area contributed by atoms with Crippen LogP contribution in [0.3, 0.4) is 0 Å². The second-order valence-corrected chi connectivity index (χ2v) is 7.62. The zero-order valence-corrected chi connectivity index (χ0v) is 15.7. The molecule has 1 N–H and O–H groups in total. The summed E-state index contributed by atoms with van der Waals surface area (Å²) in [7, 11) is 3.61. The van der Waals surface area contributed by atoms with Crippen molar-refractivity contribution in [2.45, 2.75) is 18.9 Å². The van der Waals surface area contributed by atoms with Gasteiger partial charge in [0.1, 0.15) is 0 Å². The lowest BCUT2D eigenvalue weighted by atomic mass is 9.95. The van der Waals surface area contributed by atoms with Crippen molar-refractivity contribution in [2.75, 3.05) is 50.5 Å². The SMILES string of the molecule is CN1CCN(c2cccc(NC(=O)N3CC4CCC(C3)N(C)C4=O)c2)C1=O. The second-order valence-electron chi connectivity index (χ2n) is 7.62. The molecule has 0 aromatic heterocycles. The van der Waals surface area contributed by atoms with E-state index in [1.54, 1.807) is 26.6 Å². The molecule has 144 valence electrons. The zero-order valence-electron chi connectivity index (χ0n) is 15.7. The van der Waals surface area contributed by atoms with Crippen LogP contribution in [0.25, 0.3) is 0 Å². The summed E-state index contributed by atoms with van der Waals surface area (Å²) in [5.41, 5.74) is 1.42. The second kappa shape index (κ2) is 6.75. The van der Waals surface area contributed by atoms with Gasteiger partial charge in [0.2, 0.25) is 5.91 Å². The van der Waals surface area contributed by atoms with Crippen molar-refractivity contribution in [2.24, 2.45) is 5.92 Å². The number of fused-ring (bicyclic) bond motifs is 4. The molecule has 4 heterocycles. The Morgan fingerprint density at radius 1 is 1.11 bits per heavy atom. The third-order valence-corrected chi connectivity index (χ3v) is 5.88. The average Bonchev–Trinajstić information content (AvgIpc) is 2.84. The third kappa shape index (κ3) is 3.20. The fourth-order valence-electron chi connectivity index (χ4n) is 4.16. The Morgan fingerprint density at radius 3 is 2.67 bits per heavy atom. The zero-order chi connectivity index (χ0) is 19.1. The van der Waals surface area contributed by atoms with Gasteiger partial charge in [-0.3, -0.25) is 9.69 Å². The number of likely N-dealkylation sites (N-methyl/N-ethyl adjacent to an activating group) is 2. The molecule has 8 nitrogen and oxygen atoms in total. The number of hydrogen-bond acceptors (Lipinski definition) is 3. The van der Waals surface area contributed by atoms with Crippen LogP contribution < -0.4 is 10.2 Å². The molecule has 1 aromatic rings. The summed E-state index contributed by atoms with van der Waals surface area (Å²) in [6.07, 6.45) is 1.79. The molecule has 8 heteroatoms. The topological polar surface area (TPSA) is 76.2 Å². The smallest absolute Gasteiger partial charge is 0.324 e. The number of nitrogens with zero attached hydrogens (tertiary/aromatic N) is 4. The van der Waals surface area contributed by atoms with Crippen LogP contribution in [0, 0.1) is 5.92 Å². The number of hydrogen-bond donors (Lipinski definition) is 1. The average molecular weight is 371 g/mol. The highest BCUT2D eigenvalue weighted by molar-refractivity contribution is 5.96. The van der Waals surface area contributed by atoms with Crippen molar-refractivity contribution in [1.29, 1.82) is 0 Å². The van der Waals surface area contributed by atoms with Gasteiger partial charge in [0.25, 0.3) is 0 Å². The lowest BCUT2D eigenvalue weighted by Crippen LogP contribution is -2.45. The molecule has 2 bridgehead atoms. The fourth-order valence-corrected chi connectivity index (χ4v) is 4.16. The summed E-state index contributed by atoms with van der Waals surface area (Å²) in [5, 5.41) is 2.93. The number of carbonyl (C=O) groups is 3. The monoisotopic (exact) mass is 371 g/mol. The van der Waals surface area contributed by atoms with Gasteiger partial charge in [-0.25, -0.2) is 9.59 Å². The molecule has 1 aromatic carbocycles. The lowest BCUT2D eigenvalue weighted by Gasteiger charge is -2.32. The standard InChI is InChI=1S/C19H25N5O3/c1-21-8-9-24(19(21)27)15-5-3-4-14(10-15)20-18(26)23-11-13-6-7-16(12-23)22(2)17(13)25/h3-5,10,13,16H,6-9,11-12H2,1-2H3,(H,20,26). The lowest BCUT2D eigenvalue weighted by molar-refractivity contribution is -0.138. The van der Waals surface area contributed by atoms with Crippen molar-refractivity contribution in [3.05, 3.63) is 24.3 Å². The van der Waals surface area contributed by atoms with Crippen LogP contribution in [0.1, 0.15) is 12.8 Å². The van der Waals surface area contributed by atoms with Crippen LogP contribution in [0.4, 0.5) is 21.0 Å². The summed E-state index contributed by atoms with van der Waals surface area (Å²) >= 11 is 0. The highest BCUT2D eigenvalue weighted by Crippen LogP contribution is 2.29. The van der Waals surface area contributed by atoms with Gasteiger partial charge in [0.15, 0.2) is 0 Å².